The summed E-state index contributed by atoms with van der Waals surface area (Å²) in [6.07, 6.45) is 9.51. The zero-order chi connectivity index (χ0) is 36.7. The van der Waals surface area contributed by atoms with E-state index in [0.29, 0.717) is 38.4 Å². The molecule has 2 heterocycles. The number of ketones is 1. The molecule has 1 fully saturated rings. The van der Waals surface area contributed by atoms with Gasteiger partial charge < -0.3 is 19.3 Å². The molecule has 6 rings (SSSR count). The van der Waals surface area contributed by atoms with Crippen molar-refractivity contribution < 1.29 is 27.5 Å². The molecule has 0 aromatic heterocycles. The minimum Gasteiger partial charge on any atom is -0.490 e. The average molecular weight is 740 g/mol. The van der Waals surface area contributed by atoms with Crippen LogP contribution in [0.3, 0.4) is 0 Å². The van der Waals surface area contributed by atoms with E-state index in [0.717, 1.165) is 42.8 Å². The number of benzene rings is 2. The van der Waals surface area contributed by atoms with Crippen LogP contribution in [0.1, 0.15) is 80.8 Å². The van der Waals surface area contributed by atoms with E-state index in [1.165, 1.54) is 11.1 Å². The SMILES string of the molecule is CO[C@@]1(CC(=O)[C@H](C)CN(C)C)/C=C\C[C@H](C)[C@@H](C)S(=O)(=O)NC(=O)c2ccc3c(c2)N(C[C@@H]2CC[C@H]21)C[C@@]1(CCCc2cc(Cl)ccc21)CO3. The van der Waals surface area contributed by atoms with Crippen molar-refractivity contribution in [3.63, 3.8) is 0 Å². The Labute approximate surface area is 309 Å². The average Bonchev–Trinajstić information content (AvgIpc) is 3.21. The van der Waals surface area contributed by atoms with E-state index in [1.807, 2.05) is 51.1 Å². The first-order valence-electron chi connectivity index (χ1n) is 18.4. The molecule has 51 heavy (non-hydrogen) atoms. The predicted octanol–water partition coefficient (Wildman–Crippen LogP) is 6.43. The van der Waals surface area contributed by atoms with Gasteiger partial charge in [0.2, 0.25) is 10.0 Å². The molecule has 9 nitrogen and oxygen atoms in total. The highest BCUT2D eigenvalue weighted by atomic mass is 35.5. The van der Waals surface area contributed by atoms with Gasteiger partial charge >= 0.3 is 0 Å². The highest BCUT2D eigenvalue weighted by Crippen LogP contribution is 2.50. The lowest BCUT2D eigenvalue weighted by molar-refractivity contribution is -0.134. The lowest BCUT2D eigenvalue weighted by Crippen LogP contribution is -2.54. The number of rotatable bonds is 6. The van der Waals surface area contributed by atoms with E-state index in [2.05, 4.69) is 21.8 Å². The van der Waals surface area contributed by atoms with Gasteiger partial charge in [0.15, 0.2) is 0 Å². The molecule has 1 amide bonds. The fraction of sp³-hybridized carbons (Fsp3) is 0.600. The van der Waals surface area contributed by atoms with Gasteiger partial charge in [-0.3, -0.25) is 9.59 Å². The number of amides is 1. The molecule has 1 N–H and O–H groups in total. The van der Waals surface area contributed by atoms with Gasteiger partial charge in [-0.05, 0) is 119 Å². The second kappa shape index (κ2) is 14.8. The number of ether oxygens (including phenoxy) is 2. The van der Waals surface area contributed by atoms with Crippen LogP contribution >= 0.6 is 11.6 Å². The van der Waals surface area contributed by atoms with Crippen LogP contribution < -0.4 is 14.4 Å². The Morgan fingerprint density at radius 1 is 1.18 bits per heavy atom. The molecule has 2 aromatic carbocycles. The monoisotopic (exact) mass is 739 g/mol. The van der Waals surface area contributed by atoms with Crippen molar-refractivity contribution in [3.05, 3.63) is 70.3 Å². The molecule has 11 heteroatoms. The van der Waals surface area contributed by atoms with Crippen molar-refractivity contribution in [2.24, 2.45) is 23.7 Å². The van der Waals surface area contributed by atoms with Gasteiger partial charge in [-0.1, -0.05) is 43.7 Å². The summed E-state index contributed by atoms with van der Waals surface area (Å²) < 4.78 is 42.5. The van der Waals surface area contributed by atoms with E-state index in [-0.39, 0.29) is 46.9 Å². The molecule has 2 bridgehead atoms. The first-order chi connectivity index (χ1) is 24.2. The number of allylic oxidation sites excluding steroid dienone is 1. The van der Waals surface area contributed by atoms with Crippen LogP contribution in [0.4, 0.5) is 5.69 Å². The van der Waals surface area contributed by atoms with E-state index >= 15 is 0 Å². The molecule has 0 radical (unpaired) electrons. The maximum atomic E-state index is 13.9. The number of carbonyl (C=O) groups excluding carboxylic acids is 2. The summed E-state index contributed by atoms with van der Waals surface area (Å²) in [6, 6.07) is 11.4. The number of nitrogens with one attached hydrogen (secondary N) is 1. The molecule has 278 valence electrons. The number of hydrogen-bond acceptors (Lipinski definition) is 8. The molecule has 7 atom stereocenters. The largest absolute Gasteiger partial charge is 0.490 e. The molecule has 0 unspecified atom stereocenters. The number of fused-ring (bicyclic) bond motifs is 4. The summed E-state index contributed by atoms with van der Waals surface area (Å²) >= 11 is 6.47. The number of sulfonamides is 1. The van der Waals surface area contributed by atoms with Crippen LogP contribution in [0.2, 0.25) is 5.02 Å². The van der Waals surface area contributed by atoms with Crippen molar-refractivity contribution >= 4 is 39.0 Å². The summed E-state index contributed by atoms with van der Waals surface area (Å²) in [5, 5.41) is -0.117. The van der Waals surface area contributed by atoms with Gasteiger partial charge in [0.05, 0.1) is 23.1 Å². The number of hydrogen-bond donors (Lipinski definition) is 1. The van der Waals surface area contributed by atoms with Crippen LogP contribution in [-0.4, -0.2) is 83.3 Å². The smallest absolute Gasteiger partial charge is 0.264 e. The Morgan fingerprint density at radius 3 is 2.67 bits per heavy atom. The number of nitrogens with zero attached hydrogens (tertiary/aromatic N) is 2. The number of methoxy groups -OCH3 is 1. The molecular weight excluding hydrogens is 686 g/mol. The molecular formula is C40H54ClN3O6S. The predicted molar refractivity (Wildman–Crippen MR) is 202 cm³/mol. The molecule has 4 aliphatic rings. The van der Waals surface area contributed by atoms with Crippen LogP contribution in [0.15, 0.2) is 48.6 Å². The Bertz CT molecular complexity index is 1780. The molecule has 2 aliphatic heterocycles. The van der Waals surface area contributed by atoms with Gasteiger partial charge in [0, 0.05) is 55.1 Å². The number of anilines is 1. The zero-order valence-electron chi connectivity index (χ0n) is 30.9. The maximum Gasteiger partial charge on any atom is 0.264 e. The second-order valence-electron chi connectivity index (χ2n) is 16.0. The van der Waals surface area contributed by atoms with Crippen molar-refractivity contribution in [3.8, 4) is 5.75 Å². The number of carbonyl (C=O) groups is 2. The summed E-state index contributed by atoms with van der Waals surface area (Å²) in [6.45, 7) is 7.93. The van der Waals surface area contributed by atoms with Gasteiger partial charge in [-0.2, -0.15) is 0 Å². The maximum absolute atomic E-state index is 13.9. The lowest BCUT2D eigenvalue weighted by atomic mass is 9.62. The van der Waals surface area contributed by atoms with Crippen molar-refractivity contribution in [2.75, 3.05) is 52.3 Å². The van der Waals surface area contributed by atoms with Gasteiger partial charge in [-0.25, -0.2) is 13.1 Å². The van der Waals surface area contributed by atoms with E-state index in [1.54, 1.807) is 32.2 Å². The van der Waals surface area contributed by atoms with Crippen molar-refractivity contribution in [1.82, 2.24) is 9.62 Å². The Balaban J connectivity index is 1.45. The van der Waals surface area contributed by atoms with Gasteiger partial charge in [0.1, 0.15) is 11.5 Å². The molecule has 1 saturated carbocycles. The van der Waals surface area contributed by atoms with Crippen LogP contribution in [0.25, 0.3) is 0 Å². The summed E-state index contributed by atoms with van der Waals surface area (Å²) in [4.78, 5) is 31.8. The van der Waals surface area contributed by atoms with Gasteiger partial charge in [0.25, 0.3) is 5.91 Å². The van der Waals surface area contributed by atoms with E-state index < -0.39 is 26.8 Å². The number of halogens is 1. The van der Waals surface area contributed by atoms with Crippen molar-refractivity contribution in [2.45, 2.75) is 82.0 Å². The molecule has 2 aliphatic carbocycles. The first kappa shape index (κ1) is 37.8. The Kier molecular flexibility index (Phi) is 11.0. The molecule has 2 aromatic rings. The zero-order valence-corrected chi connectivity index (χ0v) is 32.5. The minimum atomic E-state index is -4.00. The number of aryl methyl sites for hydroxylation is 1. The van der Waals surface area contributed by atoms with Crippen LogP contribution in [-0.2, 0) is 31.4 Å². The third kappa shape index (κ3) is 7.62. The Hall–Kier alpha value is -2.92. The van der Waals surface area contributed by atoms with E-state index in [4.69, 9.17) is 21.1 Å². The molecule has 1 spiro atoms. The first-order valence-corrected chi connectivity index (χ1v) is 20.4. The fourth-order valence-corrected chi connectivity index (χ4v) is 10.4. The molecule has 0 saturated heterocycles. The highest BCUT2D eigenvalue weighted by molar-refractivity contribution is 7.90. The minimum absolute atomic E-state index is 0.0612. The van der Waals surface area contributed by atoms with E-state index in [9.17, 15) is 18.0 Å². The third-order valence-electron chi connectivity index (χ3n) is 12.3. The lowest BCUT2D eigenvalue weighted by Gasteiger charge is -2.50. The highest BCUT2D eigenvalue weighted by Gasteiger charge is 2.50. The van der Waals surface area contributed by atoms with Crippen LogP contribution in [0.5, 0.6) is 5.75 Å². The summed E-state index contributed by atoms with van der Waals surface area (Å²) in [5.41, 5.74) is 2.36. The van der Waals surface area contributed by atoms with Gasteiger partial charge in [-0.15, -0.1) is 0 Å². The summed E-state index contributed by atoms with van der Waals surface area (Å²) in [5.74, 6) is -0.0411. The number of Topliss-reactive ketones (excluding diaryl/α,β-unsaturated/α-hetero) is 1. The normalized spacial score (nSPS) is 31.7. The summed E-state index contributed by atoms with van der Waals surface area (Å²) in [7, 11) is 1.65. The fourth-order valence-electron chi connectivity index (χ4n) is 8.93. The van der Waals surface area contributed by atoms with Crippen LogP contribution in [0, 0.1) is 23.7 Å². The quantitative estimate of drug-likeness (QED) is 0.339. The topological polar surface area (TPSA) is 105 Å². The third-order valence-corrected chi connectivity index (χ3v) is 14.4. The standard InChI is InChI=1S/C40H54ClN3O6S/c1-26-9-7-18-40(49-6,21-36(45)27(2)22-43(4)5)34-14-11-31(34)23-44-24-39(17-8-10-29-19-32(41)13-15-33(29)39)25-50-37-16-12-30(20-35(37)44)38(46)42-51(47,48)28(26)3/h7,12-13,15-16,18-20,26-28,31,34H,8-11,14,17,21-25H2,1-6H3,(H,42,46)/b18-7-/t26-,27+,28+,31-,34+,39-,40+/m0/s1. The second-order valence-corrected chi connectivity index (χ2v) is 18.5. The van der Waals surface area contributed by atoms with Crippen molar-refractivity contribution in [1.29, 1.82) is 0 Å². The Morgan fingerprint density at radius 2 is 1.96 bits per heavy atom.